The van der Waals surface area contributed by atoms with Crippen LogP contribution < -0.4 is 0 Å². The van der Waals surface area contributed by atoms with Gasteiger partial charge in [-0.25, -0.2) is 8.42 Å². The average Bonchev–Trinajstić information content (AvgIpc) is 2.80. The number of rotatable bonds is 2. The second-order valence-corrected chi connectivity index (χ2v) is 6.71. The number of carbonyl (C=O) groups is 2. The van der Waals surface area contributed by atoms with E-state index in [9.17, 15) is 23.3 Å². The van der Waals surface area contributed by atoms with E-state index in [0.29, 0.717) is 5.56 Å². The number of hydrogen-bond acceptors (Lipinski definition) is 5. The van der Waals surface area contributed by atoms with Crippen molar-refractivity contribution in [2.45, 2.75) is 4.90 Å². The molecule has 24 heavy (non-hydrogen) atoms. The predicted molar refractivity (Wildman–Crippen MR) is 84.8 cm³/mol. The van der Waals surface area contributed by atoms with E-state index in [2.05, 4.69) is 0 Å². The van der Waals surface area contributed by atoms with E-state index < -0.39 is 27.4 Å². The molecule has 0 unspecified atom stereocenters. The zero-order valence-electron chi connectivity index (χ0n) is 12.2. The lowest BCUT2D eigenvalue weighted by atomic mass is 10.1. The molecule has 0 bridgehead atoms. The van der Waals surface area contributed by atoms with Gasteiger partial charge in [0.05, 0.1) is 5.56 Å². The van der Waals surface area contributed by atoms with Crippen LogP contribution in [0.2, 0.25) is 0 Å². The number of imide groups is 1. The molecular formula is C17H10N2O4S. The maximum atomic E-state index is 12.5. The standard InChI is InChI=1S/C17H10N2O4S/c18-11-13(10-12-6-2-1-3-7-12)16(20)19-17(21)14-8-4-5-9-15(14)24(19,22)23/h1-10H. The van der Waals surface area contributed by atoms with E-state index in [-0.39, 0.29) is 14.8 Å². The van der Waals surface area contributed by atoms with Gasteiger partial charge in [-0.1, -0.05) is 42.5 Å². The molecule has 6 nitrogen and oxygen atoms in total. The Morgan fingerprint density at radius 2 is 1.67 bits per heavy atom. The van der Waals surface area contributed by atoms with E-state index in [4.69, 9.17) is 0 Å². The zero-order chi connectivity index (χ0) is 17.3. The molecule has 2 amide bonds. The predicted octanol–water partition coefficient (Wildman–Crippen LogP) is 1.96. The SMILES string of the molecule is N#CC(=Cc1ccccc1)C(=O)N1C(=O)c2ccccc2S1(=O)=O. The smallest absolute Gasteiger partial charge is 0.267 e. The lowest BCUT2D eigenvalue weighted by Crippen LogP contribution is -2.37. The second kappa shape index (κ2) is 5.76. The van der Waals surface area contributed by atoms with Crippen molar-refractivity contribution in [3.63, 3.8) is 0 Å². The second-order valence-electron chi connectivity index (χ2n) is 4.96. The summed E-state index contributed by atoms with van der Waals surface area (Å²) in [6.45, 7) is 0. The van der Waals surface area contributed by atoms with E-state index in [1.54, 1.807) is 36.4 Å². The Labute approximate surface area is 138 Å². The molecule has 2 aromatic rings. The summed E-state index contributed by atoms with van der Waals surface area (Å²) in [6.07, 6.45) is 1.24. The third kappa shape index (κ3) is 2.39. The number of benzene rings is 2. The number of fused-ring (bicyclic) bond motifs is 1. The number of amides is 2. The molecule has 2 aromatic carbocycles. The highest BCUT2D eigenvalue weighted by Gasteiger charge is 2.45. The van der Waals surface area contributed by atoms with Gasteiger partial charge in [-0.2, -0.15) is 9.57 Å². The summed E-state index contributed by atoms with van der Waals surface area (Å²) in [4.78, 5) is 24.6. The summed E-state index contributed by atoms with van der Waals surface area (Å²) in [7, 11) is -4.30. The van der Waals surface area contributed by atoms with Gasteiger partial charge in [-0.15, -0.1) is 0 Å². The molecule has 0 atom stereocenters. The largest absolute Gasteiger partial charge is 0.285 e. The van der Waals surface area contributed by atoms with E-state index >= 15 is 0 Å². The lowest BCUT2D eigenvalue weighted by molar-refractivity contribution is -0.120. The van der Waals surface area contributed by atoms with Crippen LogP contribution in [0.15, 0.2) is 65.1 Å². The summed E-state index contributed by atoms with van der Waals surface area (Å²) in [6, 6.07) is 15.7. The first kappa shape index (κ1) is 15.6. The van der Waals surface area contributed by atoms with Gasteiger partial charge in [0.15, 0.2) is 0 Å². The molecule has 0 aromatic heterocycles. The number of nitrogens with zero attached hydrogens (tertiary/aromatic N) is 2. The summed E-state index contributed by atoms with van der Waals surface area (Å²) >= 11 is 0. The molecule has 1 aliphatic rings. The molecule has 0 saturated heterocycles. The van der Waals surface area contributed by atoms with Crippen molar-refractivity contribution >= 4 is 27.9 Å². The van der Waals surface area contributed by atoms with Crippen molar-refractivity contribution in [2.75, 3.05) is 0 Å². The average molecular weight is 338 g/mol. The molecule has 1 aliphatic heterocycles. The van der Waals surface area contributed by atoms with Crippen molar-refractivity contribution in [2.24, 2.45) is 0 Å². The fourth-order valence-corrected chi connectivity index (χ4v) is 3.87. The molecule has 0 spiro atoms. The molecule has 0 radical (unpaired) electrons. The van der Waals surface area contributed by atoms with E-state index in [1.165, 1.54) is 30.3 Å². The number of sulfonamides is 1. The van der Waals surface area contributed by atoms with Crippen LogP contribution in [0.4, 0.5) is 0 Å². The van der Waals surface area contributed by atoms with Gasteiger partial charge in [0.25, 0.3) is 21.8 Å². The van der Waals surface area contributed by atoms with Gasteiger partial charge in [0, 0.05) is 0 Å². The van der Waals surface area contributed by atoms with Crippen molar-refractivity contribution in [1.29, 1.82) is 5.26 Å². The molecule has 1 heterocycles. The molecule has 0 saturated carbocycles. The van der Waals surface area contributed by atoms with Crippen LogP contribution in [0.25, 0.3) is 6.08 Å². The van der Waals surface area contributed by atoms with Gasteiger partial charge < -0.3 is 0 Å². The van der Waals surface area contributed by atoms with Gasteiger partial charge >= 0.3 is 0 Å². The van der Waals surface area contributed by atoms with E-state index in [1.807, 2.05) is 0 Å². The van der Waals surface area contributed by atoms with Crippen LogP contribution in [0.1, 0.15) is 15.9 Å². The fourth-order valence-electron chi connectivity index (χ4n) is 2.35. The Kier molecular flexibility index (Phi) is 3.75. The Morgan fingerprint density at radius 1 is 1.04 bits per heavy atom. The van der Waals surface area contributed by atoms with Crippen LogP contribution in [0.5, 0.6) is 0 Å². The molecule has 0 aliphatic carbocycles. The normalized spacial score (nSPS) is 15.7. The van der Waals surface area contributed by atoms with Gasteiger partial charge in [-0.05, 0) is 23.8 Å². The van der Waals surface area contributed by atoms with Gasteiger partial charge in [0.1, 0.15) is 16.5 Å². The lowest BCUT2D eigenvalue weighted by Gasteiger charge is -2.12. The first-order valence-electron chi connectivity index (χ1n) is 6.86. The molecule has 3 rings (SSSR count). The molecule has 118 valence electrons. The number of carbonyl (C=O) groups excluding carboxylic acids is 2. The summed E-state index contributed by atoms with van der Waals surface area (Å²) in [5, 5.41) is 9.22. The molecule has 7 heteroatoms. The molecular weight excluding hydrogens is 328 g/mol. The van der Waals surface area contributed by atoms with Gasteiger partial charge in [0.2, 0.25) is 0 Å². The molecule has 0 N–H and O–H groups in total. The quantitative estimate of drug-likeness (QED) is 0.616. The zero-order valence-corrected chi connectivity index (χ0v) is 13.0. The third-order valence-electron chi connectivity index (χ3n) is 3.47. The summed E-state index contributed by atoms with van der Waals surface area (Å²) in [5.74, 6) is -2.12. The van der Waals surface area contributed by atoms with Crippen LogP contribution >= 0.6 is 0 Å². The minimum atomic E-state index is -4.30. The van der Waals surface area contributed by atoms with Crippen molar-refractivity contribution in [3.8, 4) is 6.07 Å². The van der Waals surface area contributed by atoms with Crippen molar-refractivity contribution in [1.82, 2.24) is 4.31 Å². The van der Waals surface area contributed by atoms with Crippen molar-refractivity contribution in [3.05, 3.63) is 71.3 Å². The first-order chi connectivity index (χ1) is 11.5. The highest BCUT2D eigenvalue weighted by atomic mass is 32.2. The van der Waals surface area contributed by atoms with Crippen LogP contribution in [-0.2, 0) is 14.8 Å². The first-order valence-corrected chi connectivity index (χ1v) is 8.30. The van der Waals surface area contributed by atoms with Gasteiger partial charge in [-0.3, -0.25) is 9.59 Å². The van der Waals surface area contributed by atoms with E-state index in [0.717, 1.165) is 0 Å². The third-order valence-corrected chi connectivity index (χ3v) is 5.19. The maximum absolute atomic E-state index is 12.5. The summed E-state index contributed by atoms with van der Waals surface area (Å²) < 4.78 is 25.1. The Hall–Kier alpha value is -3.24. The Balaban J connectivity index is 2.07. The highest BCUT2D eigenvalue weighted by molar-refractivity contribution is 7.90. The molecule has 0 fully saturated rings. The van der Waals surface area contributed by atoms with Crippen LogP contribution in [0.3, 0.4) is 0 Å². The highest BCUT2D eigenvalue weighted by Crippen LogP contribution is 2.31. The van der Waals surface area contributed by atoms with Crippen LogP contribution in [0, 0.1) is 11.3 Å². The monoisotopic (exact) mass is 338 g/mol. The number of hydrogen-bond donors (Lipinski definition) is 0. The summed E-state index contributed by atoms with van der Waals surface area (Å²) in [5.41, 5.74) is 0.0257. The maximum Gasteiger partial charge on any atom is 0.285 e. The van der Waals surface area contributed by atoms with Crippen LogP contribution in [-0.4, -0.2) is 24.5 Å². The Bertz CT molecular complexity index is 1020. The van der Waals surface area contributed by atoms with Crippen molar-refractivity contribution < 1.29 is 18.0 Å². The Morgan fingerprint density at radius 3 is 2.29 bits per heavy atom. The number of nitriles is 1. The topological polar surface area (TPSA) is 95.3 Å². The minimum absolute atomic E-state index is 0.0807. The minimum Gasteiger partial charge on any atom is -0.267 e. The fraction of sp³-hybridized carbons (Fsp3) is 0.